The monoisotopic (exact) mass is 377 g/mol. The van der Waals surface area contributed by atoms with E-state index in [-0.39, 0.29) is 17.3 Å². The molecular weight excluding hydrogens is 354 g/mol. The van der Waals surface area contributed by atoms with Crippen LogP contribution >= 0.6 is 0 Å². The Labute approximate surface area is 163 Å². The van der Waals surface area contributed by atoms with Crippen molar-refractivity contribution >= 4 is 22.5 Å². The molecule has 1 aromatic heterocycles. The fourth-order valence-corrected chi connectivity index (χ4v) is 3.09. The summed E-state index contributed by atoms with van der Waals surface area (Å²) in [6.45, 7) is 4.17. The Bertz CT molecular complexity index is 1100. The van der Waals surface area contributed by atoms with Crippen LogP contribution in [0, 0.1) is 5.92 Å². The number of nitrogens with zero attached hydrogens (tertiary/aromatic N) is 1. The second-order valence-corrected chi connectivity index (χ2v) is 7.16. The number of ketones is 1. The number of aromatic nitrogens is 1. The van der Waals surface area contributed by atoms with E-state index in [4.69, 9.17) is 4.74 Å². The number of carbonyl (C=O) groups is 2. The van der Waals surface area contributed by atoms with Crippen LogP contribution < -0.4 is 5.56 Å². The van der Waals surface area contributed by atoms with E-state index in [1.54, 1.807) is 29.0 Å². The first-order valence-corrected chi connectivity index (χ1v) is 9.21. The first-order valence-electron chi connectivity index (χ1n) is 9.21. The third-order valence-electron chi connectivity index (χ3n) is 4.77. The number of carbonyl (C=O) groups excluding carboxylic acids is 2. The quantitative estimate of drug-likeness (QED) is 0.616. The number of benzene rings is 2. The summed E-state index contributed by atoms with van der Waals surface area (Å²) in [5.74, 6) is -0.287. The third kappa shape index (κ3) is 4.19. The van der Waals surface area contributed by atoms with Gasteiger partial charge in [-0.25, -0.2) is 4.79 Å². The molecule has 3 aromatic rings. The van der Waals surface area contributed by atoms with Crippen molar-refractivity contribution in [2.24, 2.45) is 5.92 Å². The summed E-state index contributed by atoms with van der Waals surface area (Å²) in [4.78, 5) is 36.7. The van der Waals surface area contributed by atoms with Crippen molar-refractivity contribution in [2.75, 3.05) is 7.11 Å². The van der Waals surface area contributed by atoms with Gasteiger partial charge in [-0.2, -0.15) is 0 Å². The maximum Gasteiger partial charge on any atom is 0.337 e. The molecule has 0 aliphatic carbocycles. The Morgan fingerprint density at radius 2 is 1.79 bits per heavy atom. The van der Waals surface area contributed by atoms with E-state index in [1.165, 1.54) is 7.11 Å². The van der Waals surface area contributed by atoms with Crippen molar-refractivity contribution in [1.29, 1.82) is 0 Å². The molecule has 0 aliphatic heterocycles. The Hall–Kier alpha value is -3.21. The van der Waals surface area contributed by atoms with Crippen LogP contribution in [0.25, 0.3) is 10.8 Å². The smallest absolute Gasteiger partial charge is 0.337 e. The van der Waals surface area contributed by atoms with Gasteiger partial charge < -0.3 is 9.30 Å². The van der Waals surface area contributed by atoms with Gasteiger partial charge in [0.2, 0.25) is 0 Å². The minimum absolute atomic E-state index is 0.00392. The van der Waals surface area contributed by atoms with Crippen LogP contribution in [0.2, 0.25) is 0 Å². The van der Waals surface area contributed by atoms with Gasteiger partial charge in [-0.3, -0.25) is 9.59 Å². The standard InChI is InChI=1S/C23H23NO4/c1-15(2)21(25)12-16-5-4-6-17(11-16)14-24-10-9-18-7-8-19(23(27)28-3)13-20(18)22(24)26/h4-11,13,15H,12,14H2,1-3H3. The van der Waals surface area contributed by atoms with Crippen molar-refractivity contribution < 1.29 is 14.3 Å². The van der Waals surface area contributed by atoms with Crippen LogP contribution in [-0.2, 0) is 22.5 Å². The summed E-state index contributed by atoms with van der Waals surface area (Å²) in [6.07, 6.45) is 2.13. The Morgan fingerprint density at radius 3 is 2.50 bits per heavy atom. The molecule has 0 bridgehead atoms. The average Bonchev–Trinajstić information content (AvgIpc) is 2.69. The van der Waals surface area contributed by atoms with E-state index in [1.807, 2.05) is 44.2 Å². The molecule has 3 rings (SSSR count). The first-order chi connectivity index (χ1) is 13.4. The fraction of sp³-hybridized carbons (Fsp3) is 0.261. The van der Waals surface area contributed by atoms with E-state index in [0.29, 0.717) is 23.9 Å². The Balaban J connectivity index is 1.92. The van der Waals surface area contributed by atoms with E-state index < -0.39 is 5.97 Å². The molecule has 0 spiro atoms. The maximum absolute atomic E-state index is 12.9. The number of ether oxygens (including phenoxy) is 1. The van der Waals surface area contributed by atoms with Crippen LogP contribution in [-0.4, -0.2) is 23.4 Å². The predicted octanol–water partition coefficient (Wildman–Crippen LogP) is 3.60. The van der Waals surface area contributed by atoms with Crippen LogP contribution in [0.1, 0.15) is 35.3 Å². The highest BCUT2D eigenvalue weighted by Crippen LogP contribution is 2.15. The summed E-state index contributed by atoms with van der Waals surface area (Å²) in [6, 6.07) is 14.5. The van der Waals surface area contributed by atoms with E-state index in [9.17, 15) is 14.4 Å². The Morgan fingerprint density at radius 1 is 1.04 bits per heavy atom. The minimum Gasteiger partial charge on any atom is -0.465 e. The fourth-order valence-electron chi connectivity index (χ4n) is 3.09. The molecule has 28 heavy (non-hydrogen) atoms. The summed E-state index contributed by atoms with van der Waals surface area (Å²) in [7, 11) is 1.31. The zero-order chi connectivity index (χ0) is 20.3. The molecule has 0 unspecified atom stereocenters. The second-order valence-electron chi connectivity index (χ2n) is 7.16. The molecule has 5 nitrogen and oxygen atoms in total. The molecule has 0 fully saturated rings. The largest absolute Gasteiger partial charge is 0.465 e. The van der Waals surface area contributed by atoms with Crippen molar-refractivity contribution in [3.05, 3.63) is 81.8 Å². The predicted molar refractivity (Wildman–Crippen MR) is 109 cm³/mol. The normalized spacial score (nSPS) is 11.0. The SMILES string of the molecule is COC(=O)c1ccc2ccn(Cc3cccc(CC(=O)C(C)C)c3)c(=O)c2c1. The van der Waals surface area contributed by atoms with Gasteiger partial charge in [-0.15, -0.1) is 0 Å². The molecule has 0 amide bonds. The lowest BCUT2D eigenvalue weighted by Gasteiger charge is -2.10. The minimum atomic E-state index is -0.473. The zero-order valence-electron chi connectivity index (χ0n) is 16.3. The number of methoxy groups -OCH3 is 1. The molecule has 0 atom stereocenters. The third-order valence-corrected chi connectivity index (χ3v) is 4.77. The average molecular weight is 377 g/mol. The molecule has 0 radical (unpaired) electrons. The highest BCUT2D eigenvalue weighted by molar-refractivity contribution is 5.95. The molecule has 5 heteroatoms. The molecule has 0 saturated carbocycles. The van der Waals surface area contributed by atoms with Gasteiger partial charge in [0.15, 0.2) is 0 Å². The van der Waals surface area contributed by atoms with Crippen LogP contribution in [0.3, 0.4) is 0 Å². The number of hydrogen-bond donors (Lipinski definition) is 0. The van der Waals surface area contributed by atoms with Crippen molar-refractivity contribution in [3.8, 4) is 0 Å². The molecule has 1 heterocycles. The summed E-state index contributed by atoms with van der Waals surface area (Å²) in [5, 5.41) is 1.24. The number of Topliss-reactive ketones (excluding diaryl/α,β-unsaturated/α-hetero) is 1. The first kappa shape index (κ1) is 19.5. The van der Waals surface area contributed by atoms with Crippen molar-refractivity contribution in [3.63, 3.8) is 0 Å². The highest BCUT2D eigenvalue weighted by Gasteiger charge is 2.11. The van der Waals surface area contributed by atoms with Crippen LogP contribution in [0.5, 0.6) is 0 Å². The van der Waals surface area contributed by atoms with E-state index in [0.717, 1.165) is 16.5 Å². The van der Waals surface area contributed by atoms with Gasteiger partial charge >= 0.3 is 5.97 Å². The molecule has 2 aromatic carbocycles. The van der Waals surface area contributed by atoms with E-state index in [2.05, 4.69) is 0 Å². The summed E-state index contributed by atoms with van der Waals surface area (Å²) >= 11 is 0. The lowest BCUT2D eigenvalue weighted by molar-refractivity contribution is -0.121. The number of rotatable bonds is 6. The van der Waals surface area contributed by atoms with Gasteiger partial charge in [-0.05, 0) is 34.7 Å². The molecule has 0 saturated heterocycles. The van der Waals surface area contributed by atoms with Crippen molar-refractivity contribution in [1.82, 2.24) is 4.57 Å². The van der Waals surface area contributed by atoms with Gasteiger partial charge in [-0.1, -0.05) is 44.2 Å². The topological polar surface area (TPSA) is 65.4 Å². The van der Waals surface area contributed by atoms with Gasteiger partial charge in [0.05, 0.1) is 19.2 Å². The molecule has 144 valence electrons. The van der Waals surface area contributed by atoms with Gasteiger partial charge in [0.25, 0.3) is 5.56 Å². The molecule has 0 aliphatic rings. The summed E-state index contributed by atoms with van der Waals surface area (Å²) in [5.41, 5.74) is 2.06. The van der Waals surface area contributed by atoms with Crippen LogP contribution in [0.15, 0.2) is 59.5 Å². The van der Waals surface area contributed by atoms with E-state index >= 15 is 0 Å². The molecular formula is C23H23NO4. The zero-order valence-corrected chi connectivity index (χ0v) is 16.3. The van der Waals surface area contributed by atoms with Crippen LogP contribution in [0.4, 0.5) is 0 Å². The lowest BCUT2D eigenvalue weighted by Crippen LogP contribution is -2.20. The lowest BCUT2D eigenvalue weighted by atomic mass is 9.99. The number of pyridine rings is 1. The second kappa shape index (κ2) is 8.21. The number of fused-ring (bicyclic) bond motifs is 1. The number of hydrogen-bond acceptors (Lipinski definition) is 4. The highest BCUT2D eigenvalue weighted by atomic mass is 16.5. The summed E-state index contributed by atoms with van der Waals surface area (Å²) < 4.78 is 6.34. The van der Waals surface area contributed by atoms with Gasteiger partial charge in [0.1, 0.15) is 5.78 Å². The molecule has 0 N–H and O–H groups in total. The Kier molecular flexibility index (Phi) is 5.73. The van der Waals surface area contributed by atoms with Gasteiger partial charge in [0, 0.05) is 23.9 Å². The number of esters is 1. The maximum atomic E-state index is 12.9. The van der Waals surface area contributed by atoms with Crippen molar-refractivity contribution in [2.45, 2.75) is 26.8 Å².